The molecule has 0 radical (unpaired) electrons. The number of guanidine groups is 1. The van der Waals surface area contributed by atoms with Crippen LogP contribution in [0.4, 0.5) is 5.69 Å². The first-order valence-corrected chi connectivity index (χ1v) is 13.7. The van der Waals surface area contributed by atoms with Crippen molar-refractivity contribution in [3.8, 4) is 30.1 Å². The quantitative estimate of drug-likeness (QED) is 0.292. The molecule has 0 bridgehead atoms. The first-order chi connectivity index (χ1) is 20.3. The zero-order valence-corrected chi connectivity index (χ0v) is 24.6. The second kappa shape index (κ2) is 17.9. The summed E-state index contributed by atoms with van der Waals surface area (Å²) < 4.78 is 15.3. The molecule has 0 atom stereocenters. The fourth-order valence-electron chi connectivity index (χ4n) is 4.39. The van der Waals surface area contributed by atoms with Gasteiger partial charge in [0.25, 0.3) is 5.91 Å². The van der Waals surface area contributed by atoms with Crippen LogP contribution in [-0.4, -0.2) is 81.0 Å². The highest BCUT2D eigenvalue weighted by atomic mass is 16.5. The molecule has 3 amide bonds. The molecule has 11 nitrogen and oxygen atoms in total. The Morgan fingerprint density at radius 1 is 0.857 bits per heavy atom. The number of ether oxygens (including phenoxy) is 3. The summed E-state index contributed by atoms with van der Waals surface area (Å²) >= 11 is 0. The number of nitrogens with two attached hydrogens (primary N) is 1. The Labute approximate surface area is 248 Å². The molecule has 2 heterocycles. The molecule has 0 aliphatic carbocycles. The molecule has 2 aromatic rings. The van der Waals surface area contributed by atoms with Gasteiger partial charge >= 0.3 is 0 Å². The Hall–Kier alpha value is -4.72. The van der Waals surface area contributed by atoms with Crippen LogP contribution < -0.4 is 25.3 Å². The topological polar surface area (TPSA) is 136 Å². The summed E-state index contributed by atoms with van der Waals surface area (Å²) in [4.78, 5) is 43.7. The number of methoxy groups -OCH3 is 3. The van der Waals surface area contributed by atoms with Gasteiger partial charge in [-0.2, -0.15) is 0 Å². The fraction of sp³-hybridized carbons (Fsp3) is 0.419. The summed E-state index contributed by atoms with van der Waals surface area (Å²) in [5, 5.41) is 2.52. The maximum Gasteiger partial charge on any atom is 0.258 e. The molecule has 0 unspecified atom stereocenters. The predicted molar refractivity (Wildman–Crippen MR) is 162 cm³/mol. The number of nitrogens with zero attached hydrogens (tertiary/aromatic N) is 3. The summed E-state index contributed by atoms with van der Waals surface area (Å²) in [5.74, 6) is 1.57. The number of rotatable bonds is 7. The first kappa shape index (κ1) is 33.5. The number of likely N-dealkylation sites (tertiary alicyclic amines) is 2. The van der Waals surface area contributed by atoms with E-state index in [-0.39, 0.29) is 17.8 Å². The van der Waals surface area contributed by atoms with E-state index in [9.17, 15) is 14.4 Å². The number of amides is 3. The molecule has 2 saturated heterocycles. The van der Waals surface area contributed by atoms with Gasteiger partial charge in [0.2, 0.25) is 17.8 Å². The van der Waals surface area contributed by atoms with Gasteiger partial charge in [-0.3, -0.25) is 19.7 Å². The van der Waals surface area contributed by atoms with Crippen LogP contribution in [0.3, 0.4) is 0 Å². The van der Waals surface area contributed by atoms with Crippen molar-refractivity contribution in [2.45, 2.75) is 38.5 Å². The Morgan fingerprint density at radius 3 is 2.00 bits per heavy atom. The lowest BCUT2D eigenvalue weighted by Crippen LogP contribution is -2.41. The molecule has 0 aromatic heterocycles. The molecule has 11 heteroatoms. The molecular weight excluding hydrogens is 538 g/mol. The van der Waals surface area contributed by atoms with Gasteiger partial charge in [0.1, 0.15) is 17.2 Å². The number of aliphatic imine (C=N–C) groups is 1. The van der Waals surface area contributed by atoms with E-state index in [2.05, 4.69) is 23.2 Å². The van der Waals surface area contributed by atoms with Gasteiger partial charge in [-0.25, -0.2) is 4.99 Å². The van der Waals surface area contributed by atoms with E-state index in [0.717, 1.165) is 51.7 Å². The van der Waals surface area contributed by atoms with E-state index in [1.165, 1.54) is 14.2 Å². The maximum absolute atomic E-state index is 12.3. The Balaban J connectivity index is 0.000000296. The minimum absolute atomic E-state index is 0.0213. The number of terminal acetylenes is 1. The number of benzene rings is 2. The standard InChI is InChI=1S/C17H19N3O4.C12H20N2O2.C2H2/c1-22-13-6-4-12(5-7-13)19-17(18)20-16(21)11-8-14(23-2)10-15(9-11)24-3;15-11-6-2-1-3-9-14(11)10-12(16)13-7-4-5-8-13;1-2/h4-10H,1-3H3,(H3,18,19,20,21);1-10H2;1-2H. The van der Waals surface area contributed by atoms with Gasteiger partial charge in [0.15, 0.2) is 0 Å². The van der Waals surface area contributed by atoms with Crippen LogP contribution in [0, 0.1) is 12.8 Å². The Kier molecular flexibility index (Phi) is 14.2. The van der Waals surface area contributed by atoms with Crippen LogP contribution in [0.2, 0.25) is 0 Å². The highest BCUT2D eigenvalue weighted by Crippen LogP contribution is 2.22. The van der Waals surface area contributed by atoms with Crippen LogP contribution in [-0.2, 0) is 9.59 Å². The number of nitrogens with one attached hydrogen (secondary N) is 1. The summed E-state index contributed by atoms with van der Waals surface area (Å²) in [6, 6.07) is 11.8. The number of carbonyl (C=O) groups is 3. The van der Waals surface area contributed by atoms with E-state index in [4.69, 9.17) is 19.9 Å². The Bertz CT molecular complexity index is 1200. The van der Waals surface area contributed by atoms with E-state index < -0.39 is 5.91 Å². The van der Waals surface area contributed by atoms with Gasteiger partial charge in [-0.1, -0.05) is 6.42 Å². The minimum Gasteiger partial charge on any atom is -0.497 e. The third kappa shape index (κ3) is 10.7. The molecular formula is C31H41N5O6. The molecule has 2 aliphatic heterocycles. The number of hydrogen-bond acceptors (Lipinski definition) is 7. The van der Waals surface area contributed by atoms with Crippen molar-refractivity contribution < 1.29 is 28.6 Å². The van der Waals surface area contributed by atoms with Crippen molar-refractivity contribution in [1.82, 2.24) is 15.1 Å². The van der Waals surface area contributed by atoms with Crippen molar-refractivity contribution in [3.63, 3.8) is 0 Å². The molecule has 4 rings (SSSR count). The van der Waals surface area contributed by atoms with E-state index in [0.29, 0.717) is 41.5 Å². The van der Waals surface area contributed by atoms with Crippen molar-refractivity contribution in [1.29, 1.82) is 0 Å². The minimum atomic E-state index is -0.415. The van der Waals surface area contributed by atoms with E-state index in [1.807, 2.05) is 4.90 Å². The van der Waals surface area contributed by atoms with E-state index >= 15 is 0 Å². The first-order valence-electron chi connectivity index (χ1n) is 13.7. The van der Waals surface area contributed by atoms with Crippen LogP contribution in [0.15, 0.2) is 47.5 Å². The van der Waals surface area contributed by atoms with Gasteiger partial charge in [0.05, 0.1) is 33.6 Å². The molecule has 2 fully saturated rings. The van der Waals surface area contributed by atoms with Gasteiger partial charge in [-0.15, -0.1) is 12.8 Å². The summed E-state index contributed by atoms with van der Waals surface area (Å²) in [6.07, 6.45) is 14.0. The van der Waals surface area contributed by atoms with Crippen molar-refractivity contribution in [2.75, 3.05) is 47.5 Å². The monoisotopic (exact) mass is 579 g/mol. The lowest BCUT2D eigenvalue weighted by Gasteiger charge is -2.23. The molecule has 2 aromatic carbocycles. The van der Waals surface area contributed by atoms with Crippen molar-refractivity contribution in [2.24, 2.45) is 10.7 Å². The molecule has 226 valence electrons. The Morgan fingerprint density at radius 2 is 1.43 bits per heavy atom. The highest BCUT2D eigenvalue weighted by molar-refractivity contribution is 6.06. The lowest BCUT2D eigenvalue weighted by atomic mass is 10.2. The van der Waals surface area contributed by atoms with Crippen molar-refractivity contribution in [3.05, 3.63) is 48.0 Å². The normalized spacial score (nSPS) is 14.8. The predicted octanol–water partition coefficient (Wildman–Crippen LogP) is 3.35. The van der Waals surface area contributed by atoms with Crippen LogP contribution in [0.1, 0.15) is 48.9 Å². The second-order valence-electron chi connectivity index (χ2n) is 9.46. The SMILES string of the molecule is C#C.COc1ccc(N=C(N)NC(=O)c2cc(OC)cc(OC)c2)cc1.O=C(CN1CCCCCC1=O)N1CCCC1. The zero-order chi connectivity index (χ0) is 30.9. The molecule has 2 aliphatic rings. The number of carbonyl (C=O) groups excluding carboxylic acids is 3. The van der Waals surface area contributed by atoms with Gasteiger partial charge < -0.3 is 29.7 Å². The van der Waals surface area contributed by atoms with Gasteiger partial charge in [-0.05, 0) is 62.1 Å². The highest BCUT2D eigenvalue weighted by Gasteiger charge is 2.23. The summed E-state index contributed by atoms with van der Waals surface area (Å²) in [5.41, 5.74) is 6.72. The third-order valence-electron chi connectivity index (χ3n) is 6.63. The third-order valence-corrected chi connectivity index (χ3v) is 6.63. The van der Waals surface area contributed by atoms with Crippen molar-refractivity contribution >= 4 is 29.4 Å². The molecule has 0 spiro atoms. The average molecular weight is 580 g/mol. The smallest absolute Gasteiger partial charge is 0.258 e. The molecule has 3 N–H and O–H groups in total. The van der Waals surface area contributed by atoms with Crippen LogP contribution in [0.5, 0.6) is 17.2 Å². The molecule has 0 saturated carbocycles. The fourth-order valence-corrected chi connectivity index (χ4v) is 4.39. The van der Waals surface area contributed by atoms with E-state index in [1.54, 1.807) is 54.5 Å². The second-order valence-corrected chi connectivity index (χ2v) is 9.46. The summed E-state index contributed by atoms with van der Waals surface area (Å²) in [6.45, 7) is 2.82. The average Bonchev–Trinajstić information content (AvgIpc) is 3.49. The van der Waals surface area contributed by atoms with Gasteiger partial charge in [0, 0.05) is 37.7 Å². The molecule has 42 heavy (non-hydrogen) atoms. The number of hydrogen-bond donors (Lipinski definition) is 2. The maximum atomic E-state index is 12.3. The summed E-state index contributed by atoms with van der Waals surface area (Å²) in [7, 11) is 4.60. The lowest BCUT2D eigenvalue weighted by molar-refractivity contribution is -0.139. The van der Waals surface area contributed by atoms with Crippen LogP contribution in [0.25, 0.3) is 0 Å². The zero-order valence-electron chi connectivity index (χ0n) is 24.6. The largest absolute Gasteiger partial charge is 0.497 e. The van der Waals surface area contributed by atoms with Crippen LogP contribution >= 0.6 is 0 Å².